The van der Waals surface area contributed by atoms with Crippen molar-refractivity contribution in [3.63, 3.8) is 0 Å². The van der Waals surface area contributed by atoms with Crippen LogP contribution in [0.25, 0.3) is 10.9 Å². The van der Waals surface area contributed by atoms with Gasteiger partial charge in [-0.05, 0) is 37.3 Å². The van der Waals surface area contributed by atoms with E-state index in [2.05, 4.69) is 30.1 Å². The lowest BCUT2D eigenvalue weighted by molar-refractivity contribution is -0.132. The maximum atomic E-state index is 12.6. The van der Waals surface area contributed by atoms with E-state index in [0.29, 0.717) is 0 Å². The molecule has 0 aliphatic carbocycles. The van der Waals surface area contributed by atoms with Crippen LogP contribution in [0.4, 0.5) is 0 Å². The van der Waals surface area contributed by atoms with Gasteiger partial charge in [-0.15, -0.1) is 0 Å². The van der Waals surface area contributed by atoms with Gasteiger partial charge in [-0.3, -0.25) is 4.79 Å². The fourth-order valence-electron chi connectivity index (χ4n) is 2.99. The average molecular weight is 256 g/mol. The van der Waals surface area contributed by atoms with E-state index in [1.54, 1.807) is 0 Å². The van der Waals surface area contributed by atoms with Crippen molar-refractivity contribution in [3.05, 3.63) is 36.0 Å². The first-order valence-corrected chi connectivity index (χ1v) is 7.16. The lowest BCUT2D eigenvalue weighted by atomic mass is 9.98. The summed E-state index contributed by atoms with van der Waals surface area (Å²) in [7, 11) is 0. The number of fused-ring (bicyclic) bond motifs is 1. The summed E-state index contributed by atoms with van der Waals surface area (Å²) in [6.45, 7) is 3.78. The Morgan fingerprint density at radius 1 is 1.32 bits per heavy atom. The number of nitrogens with one attached hydrogen (secondary N) is 1. The third-order valence-electron chi connectivity index (χ3n) is 4.09. The summed E-state index contributed by atoms with van der Waals surface area (Å²) < 4.78 is 0. The van der Waals surface area contributed by atoms with Crippen molar-refractivity contribution in [2.45, 2.75) is 32.1 Å². The van der Waals surface area contributed by atoms with Crippen molar-refractivity contribution in [1.82, 2.24) is 9.88 Å². The van der Waals surface area contributed by atoms with Gasteiger partial charge in [-0.25, -0.2) is 0 Å². The molecule has 1 unspecified atom stereocenters. The molecule has 1 atom stereocenters. The topological polar surface area (TPSA) is 36.1 Å². The number of para-hydroxylation sites is 1. The number of aromatic amines is 1. The van der Waals surface area contributed by atoms with Crippen LogP contribution in [0.2, 0.25) is 0 Å². The van der Waals surface area contributed by atoms with Gasteiger partial charge in [0.15, 0.2) is 0 Å². The molecule has 0 bridgehead atoms. The zero-order chi connectivity index (χ0) is 13.2. The number of rotatable bonds is 2. The lowest BCUT2D eigenvalue weighted by Gasteiger charge is -2.22. The molecule has 1 aromatic carbocycles. The van der Waals surface area contributed by atoms with Crippen LogP contribution in [0.3, 0.4) is 0 Å². The highest BCUT2D eigenvalue weighted by Gasteiger charge is 2.28. The average Bonchev–Trinajstić information content (AvgIpc) is 2.76. The van der Waals surface area contributed by atoms with Crippen LogP contribution in [-0.2, 0) is 4.79 Å². The number of hydrogen-bond donors (Lipinski definition) is 1. The van der Waals surface area contributed by atoms with Crippen LogP contribution < -0.4 is 0 Å². The molecular weight excluding hydrogens is 236 g/mol. The monoisotopic (exact) mass is 256 g/mol. The minimum absolute atomic E-state index is 0.00912. The van der Waals surface area contributed by atoms with Gasteiger partial charge in [0.05, 0.1) is 5.92 Å². The Labute approximate surface area is 113 Å². The van der Waals surface area contributed by atoms with Gasteiger partial charge in [0.2, 0.25) is 5.91 Å². The summed E-state index contributed by atoms with van der Waals surface area (Å²) in [5.41, 5.74) is 2.20. The van der Waals surface area contributed by atoms with Gasteiger partial charge < -0.3 is 9.88 Å². The molecule has 1 amide bonds. The molecule has 0 radical (unpaired) electrons. The summed E-state index contributed by atoms with van der Waals surface area (Å²) >= 11 is 0. The number of amides is 1. The molecule has 100 valence electrons. The van der Waals surface area contributed by atoms with Crippen LogP contribution >= 0.6 is 0 Å². The second-order valence-electron chi connectivity index (χ2n) is 5.28. The van der Waals surface area contributed by atoms with Gasteiger partial charge in [0, 0.05) is 24.3 Å². The molecule has 0 spiro atoms. The minimum atomic E-state index is 0.00912. The van der Waals surface area contributed by atoms with E-state index in [9.17, 15) is 4.79 Å². The molecule has 1 N–H and O–H groups in total. The van der Waals surface area contributed by atoms with Crippen LogP contribution in [0, 0.1) is 0 Å². The summed E-state index contributed by atoms with van der Waals surface area (Å²) in [6.07, 6.45) is 3.21. The fourth-order valence-corrected chi connectivity index (χ4v) is 2.99. The maximum Gasteiger partial charge on any atom is 0.231 e. The predicted molar refractivity (Wildman–Crippen MR) is 77.1 cm³/mol. The quantitative estimate of drug-likeness (QED) is 0.879. The molecule has 1 saturated heterocycles. The van der Waals surface area contributed by atoms with E-state index in [1.165, 1.54) is 5.39 Å². The molecule has 19 heavy (non-hydrogen) atoms. The number of carbonyl (C=O) groups is 1. The van der Waals surface area contributed by atoms with E-state index in [4.69, 9.17) is 0 Å². The lowest BCUT2D eigenvalue weighted by Crippen LogP contribution is -2.33. The first-order valence-electron chi connectivity index (χ1n) is 7.16. The molecule has 3 rings (SSSR count). The third-order valence-corrected chi connectivity index (χ3v) is 4.09. The highest BCUT2D eigenvalue weighted by Crippen LogP contribution is 2.29. The first-order chi connectivity index (χ1) is 9.29. The van der Waals surface area contributed by atoms with E-state index in [-0.39, 0.29) is 11.8 Å². The maximum absolute atomic E-state index is 12.6. The molecular formula is C16H20N2O. The number of aromatic nitrogens is 1. The molecule has 2 heterocycles. The van der Waals surface area contributed by atoms with Gasteiger partial charge in [-0.1, -0.05) is 24.6 Å². The predicted octanol–water partition coefficient (Wildman–Crippen LogP) is 3.28. The number of benzene rings is 1. The smallest absolute Gasteiger partial charge is 0.231 e. The Morgan fingerprint density at radius 3 is 2.95 bits per heavy atom. The normalized spacial score (nSPS) is 20.8. The molecule has 2 aromatic rings. The summed E-state index contributed by atoms with van der Waals surface area (Å²) in [4.78, 5) is 18.0. The second kappa shape index (κ2) is 5.08. The van der Waals surface area contributed by atoms with Crippen LogP contribution in [0.15, 0.2) is 30.3 Å². The zero-order valence-corrected chi connectivity index (χ0v) is 11.4. The fraction of sp³-hybridized carbons (Fsp3) is 0.438. The second-order valence-corrected chi connectivity index (χ2v) is 5.28. The van der Waals surface area contributed by atoms with Crippen molar-refractivity contribution in [1.29, 1.82) is 0 Å². The molecule has 1 aliphatic rings. The van der Waals surface area contributed by atoms with Gasteiger partial charge >= 0.3 is 0 Å². The Balaban J connectivity index is 1.96. The Kier molecular flexibility index (Phi) is 3.28. The largest absolute Gasteiger partial charge is 0.358 e. The summed E-state index contributed by atoms with van der Waals surface area (Å²) in [6, 6.07) is 10.4. The first kappa shape index (κ1) is 12.3. The number of nitrogens with zero attached hydrogens (tertiary/aromatic N) is 1. The number of likely N-dealkylation sites (N-methyl/N-ethyl adjacent to an activating group) is 1. The number of H-pyrrole nitrogens is 1. The van der Waals surface area contributed by atoms with Crippen molar-refractivity contribution in [2.24, 2.45) is 0 Å². The van der Waals surface area contributed by atoms with E-state index in [0.717, 1.165) is 43.6 Å². The standard InChI is InChI=1S/C16H20N2O/c1-2-18-10-6-5-8-13(16(18)19)15-11-12-7-3-4-9-14(12)17-15/h3-4,7,9,11,13,17H,2,5-6,8,10H2,1H3. The van der Waals surface area contributed by atoms with Crippen LogP contribution in [-0.4, -0.2) is 28.9 Å². The Morgan fingerprint density at radius 2 is 2.16 bits per heavy atom. The molecule has 1 aliphatic heterocycles. The molecule has 3 heteroatoms. The SMILES string of the molecule is CCN1CCCCC(c2cc3ccccc3[nH]2)C1=O. The molecule has 1 fully saturated rings. The minimum Gasteiger partial charge on any atom is -0.358 e. The van der Waals surface area contributed by atoms with E-state index < -0.39 is 0 Å². The van der Waals surface area contributed by atoms with Crippen LogP contribution in [0.5, 0.6) is 0 Å². The molecule has 0 saturated carbocycles. The molecule has 3 nitrogen and oxygen atoms in total. The van der Waals surface area contributed by atoms with Gasteiger partial charge in [0.1, 0.15) is 0 Å². The third kappa shape index (κ3) is 2.25. The van der Waals surface area contributed by atoms with Crippen molar-refractivity contribution in [2.75, 3.05) is 13.1 Å². The van der Waals surface area contributed by atoms with Crippen LogP contribution in [0.1, 0.15) is 37.8 Å². The van der Waals surface area contributed by atoms with Crippen molar-refractivity contribution < 1.29 is 4.79 Å². The number of carbonyl (C=O) groups excluding carboxylic acids is 1. The van der Waals surface area contributed by atoms with Crippen molar-refractivity contribution >= 4 is 16.8 Å². The van der Waals surface area contributed by atoms with E-state index >= 15 is 0 Å². The Hall–Kier alpha value is -1.77. The molecule has 1 aromatic heterocycles. The van der Waals surface area contributed by atoms with Gasteiger partial charge in [-0.2, -0.15) is 0 Å². The highest BCUT2D eigenvalue weighted by atomic mass is 16.2. The van der Waals surface area contributed by atoms with Gasteiger partial charge in [0.25, 0.3) is 0 Å². The summed E-state index contributed by atoms with van der Waals surface area (Å²) in [5.74, 6) is 0.293. The van der Waals surface area contributed by atoms with Crippen molar-refractivity contribution in [3.8, 4) is 0 Å². The number of likely N-dealkylation sites (tertiary alicyclic amines) is 1. The Bertz CT molecular complexity index is 554. The zero-order valence-electron chi connectivity index (χ0n) is 11.4. The summed E-state index contributed by atoms with van der Waals surface area (Å²) in [5, 5.41) is 1.19. The number of hydrogen-bond acceptors (Lipinski definition) is 1. The highest BCUT2D eigenvalue weighted by molar-refractivity contribution is 5.87. The van der Waals surface area contributed by atoms with E-state index in [1.807, 2.05) is 17.0 Å².